The van der Waals surface area contributed by atoms with Crippen LogP contribution in [0.4, 0.5) is 4.39 Å². The molecule has 0 saturated heterocycles. The number of carbonyl (C=O) groups is 1. The maximum absolute atomic E-state index is 14.1. The molecule has 0 bridgehead atoms. The zero-order valence-corrected chi connectivity index (χ0v) is 13.4. The Kier molecular flexibility index (Phi) is 5.83. The summed E-state index contributed by atoms with van der Waals surface area (Å²) in [5.74, 6) is -2.88. The van der Waals surface area contributed by atoms with Crippen molar-refractivity contribution in [3.8, 4) is 6.07 Å². The summed E-state index contributed by atoms with van der Waals surface area (Å²) in [5.41, 5.74) is -0.737. The third-order valence-electron chi connectivity index (χ3n) is 2.68. The van der Waals surface area contributed by atoms with Gasteiger partial charge in [0.15, 0.2) is 5.82 Å². The molecule has 0 fully saturated rings. The van der Waals surface area contributed by atoms with Crippen LogP contribution in [0.1, 0.15) is 23.7 Å². The lowest BCUT2D eigenvalue weighted by Crippen LogP contribution is -2.32. The lowest BCUT2D eigenvalue weighted by atomic mass is 10.2. The SMILES string of the molecule is CCN(CCC#N)S(=O)(=O)c1cc(Br)cc(C(=O)O)c1F. The number of rotatable bonds is 6. The number of benzene rings is 1. The van der Waals surface area contributed by atoms with Gasteiger partial charge in [-0.2, -0.15) is 9.57 Å². The van der Waals surface area contributed by atoms with Gasteiger partial charge in [0, 0.05) is 24.0 Å². The summed E-state index contributed by atoms with van der Waals surface area (Å²) in [5, 5.41) is 17.4. The molecular weight excluding hydrogens is 367 g/mol. The van der Waals surface area contributed by atoms with Crippen molar-refractivity contribution in [1.29, 1.82) is 5.26 Å². The molecule has 1 N–H and O–H groups in total. The highest BCUT2D eigenvalue weighted by atomic mass is 79.9. The van der Waals surface area contributed by atoms with Gasteiger partial charge in [0.25, 0.3) is 0 Å². The monoisotopic (exact) mass is 378 g/mol. The largest absolute Gasteiger partial charge is 0.478 e. The van der Waals surface area contributed by atoms with Gasteiger partial charge >= 0.3 is 5.97 Å². The van der Waals surface area contributed by atoms with Crippen molar-refractivity contribution in [2.75, 3.05) is 13.1 Å². The number of halogens is 2. The van der Waals surface area contributed by atoms with E-state index in [1.807, 2.05) is 6.07 Å². The maximum Gasteiger partial charge on any atom is 0.338 e. The lowest BCUT2D eigenvalue weighted by molar-refractivity contribution is 0.0691. The standard InChI is InChI=1S/C12H12BrFN2O4S/c1-2-16(5-3-4-15)21(19,20)10-7-8(13)6-9(11(10)14)12(17)18/h6-7H,2-3,5H2,1H3,(H,17,18). The van der Waals surface area contributed by atoms with Crippen molar-refractivity contribution in [3.63, 3.8) is 0 Å². The molecule has 0 unspecified atom stereocenters. The molecule has 1 aromatic carbocycles. The quantitative estimate of drug-likeness (QED) is 0.817. The molecule has 0 aliphatic rings. The van der Waals surface area contributed by atoms with E-state index in [9.17, 15) is 17.6 Å². The van der Waals surface area contributed by atoms with Gasteiger partial charge in [-0.3, -0.25) is 0 Å². The molecule has 0 aliphatic carbocycles. The van der Waals surface area contributed by atoms with E-state index in [0.29, 0.717) is 0 Å². The first kappa shape index (κ1) is 17.6. The summed E-state index contributed by atoms with van der Waals surface area (Å²) in [7, 11) is -4.22. The van der Waals surface area contributed by atoms with E-state index in [-0.39, 0.29) is 24.0 Å². The zero-order valence-electron chi connectivity index (χ0n) is 11.0. The first-order valence-corrected chi connectivity index (χ1v) is 8.08. The maximum atomic E-state index is 14.1. The predicted octanol–water partition coefficient (Wildman–Crippen LogP) is 2.21. The molecule has 0 radical (unpaired) electrons. The molecule has 0 amide bonds. The molecule has 0 heterocycles. The fraction of sp³-hybridized carbons (Fsp3) is 0.333. The summed E-state index contributed by atoms with van der Waals surface area (Å²) < 4.78 is 40.0. The molecule has 1 aromatic rings. The topological polar surface area (TPSA) is 98.5 Å². The summed E-state index contributed by atoms with van der Waals surface area (Å²) in [4.78, 5) is 10.2. The Morgan fingerprint density at radius 2 is 2.14 bits per heavy atom. The van der Waals surface area contributed by atoms with Gasteiger partial charge in [0.2, 0.25) is 10.0 Å². The molecule has 21 heavy (non-hydrogen) atoms. The number of carboxylic acid groups (broad SMARTS) is 1. The highest BCUT2D eigenvalue weighted by Crippen LogP contribution is 2.26. The fourth-order valence-corrected chi connectivity index (χ4v) is 3.84. The molecule has 0 aromatic heterocycles. The summed E-state index contributed by atoms with van der Waals surface area (Å²) in [6.07, 6.45) is -0.0471. The number of hydrogen-bond acceptors (Lipinski definition) is 4. The van der Waals surface area contributed by atoms with Crippen LogP contribution in [-0.4, -0.2) is 36.9 Å². The second kappa shape index (κ2) is 6.98. The third kappa shape index (κ3) is 3.78. The molecule has 1 rings (SSSR count). The van der Waals surface area contributed by atoms with Gasteiger partial charge < -0.3 is 5.11 Å². The van der Waals surface area contributed by atoms with Crippen LogP contribution < -0.4 is 0 Å². The molecule has 0 spiro atoms. The Hall–Kier alpha value is -1.50. The normalized spacial score (nSPS) is 11.4. The minimum absolute atomic E-state index is 0.0401. The van der Waals surface area contributed by atoms with Crippen molar-refractivity contribution in [3.05, 3.63) is 28.0 Å². The molecule has 9 heteroatoms. The van der Waals surface area contributed by atoms with Gasteiger partial charge in [-0.1, -0.05) is 22.9 Å². The van der Waals surface area contributed by atoms with Crippen molar-refractivity contribution in [1.82, 2.24) is 4.31 Å². The van der Waals surface area contributed by atoms with Gasteiger partial charge in [-0.05, 0) is 12.1 Å². The Morgan fingerprint density at radius 3 is 2.62 bits per heavy atom. The smallest absolute Gasteiger partial charge is 0.338 e. The second-order valence-electron chi connectivity index (χ2n) is 3.98. The van der Waals surface area contributed by atoms with Crippen LogP contribution in [-0.2, 0) is 10.0 Å². The average molecular weight is 379 g/mol. The van der Waals surface area contributed by atoms with Crippen LogP contribution in [0.2, 0.25) is 0 Å². The van der Waals surface area contributed by atoms with Crippen LogP contribution in [0.3, 0.4) is 0 Å². The van der Waals surface area contributed by atoms with Gasteiger partial charge in [-0.15, -0.1) is 0 Å². The van der Waals surface area contributed by atoms with Gasteiger partial charge in [0.1, 0.15) is 4.90 Å². The first-order valence-electron chi connectivity index (χ1n) is 5.85. The van der Waals surface area contributed by atoms with Crippen LogP contribution in [0.15, 0.2) is 21.5 Å². The number of aromatic carboxylic acids is 1. The Labute approximate surface area is 130 Å². The highest BCUT2D eigenvalue weighted by molar-refractivity contribution is 9.10. The van der Waals surface area contributed by atoms with Crippen molar-refractivity contribution >= 4 is 31.9 Å². The Morgan fingerprint density at radius 1 is 1.52 bits per heavy atom. The van der Waals surface area contributed by atoms with E-state index >= 15 is 0 Å². The number of sulfonamides is 1. The van der Waals surface area contributed by atoms with Crippen LogP contribution in [0, 0.1) is 17.1 Å². The second-order valence-corrected chi connectivity index (χ2v) is 6.80. The minimum atomic E-state index is -4.22. The highest BCUT2D eigenvalue weighted by Gasteiger charge is 2.29. The van der Waals surface area contributed by atoms with Gasteiger partial charge in [-0.25, -0.2) is 17.6 Å². The fourth-order valence-electron chi connectivity index (χ4n) is 1.67. The molecule has 6 nitrogen and oxygen atoms in total. The Balaban J connectivity index is 3.44. The number of nitriles is 1. The van der Waals surface area contributed by atoms with E-state index in [0.717, 1.165) is 16.4 Å². The molecule has 114 valence electrons. The van der Waals surface area contributed by atoms with E-state index in [2.05, 4.69) is 15.9 Å². The molecule has 0 saturated carbocycles. The predicted molar refractivity (Wildman–Crippen MR) is 75.7 cm³/mol. The van der Waals surface area contributed by atoms with Crippen LogP contribution in [0.25, 0.3) is 0 Å². The van der Waals surface area contributed by atoms with E-state index in [1.165, 1.54) is 0 Å². The van der Waals surface area contributed by atoms with Crippen molar-refractivity contribution in [2.45, 2.75) is 18.2 Å². The first-order chi connectivity index (χ1) is 9.75. The number of nitrogens with zero attached hydrogens (tertiary/aromatic N) is 2. The number of hydrogen-bond donors (Lipinski definition) is 1. The van der Waals surface area contributed by atoms with Crippen LogP contribution >= 0.6 is 15.9 Å². The van der Waals surface area contributed by atoms with E-state index in [4.69, 9.17) is 10.4 Å². The lowest BCUT2D eigenvalue weighted by Gasteiger charge is -2.20. The molecule has 0 aliphatic heterocycles. The number of carboxylic acids is 1. The van der Waals surface area contributed by atoms with Crippen molar-refractivity contribution in [2.24, 2.45) is 0 Å². The Bertz CT molecular complexity index is 700. The van der Waals surface area contributed by atoms with Gasteiger partial charge in [0.05, 0.1) is 11.6 Å². The summed E-state index contributed by atoms with van der Waals surface area (Å²) in [6.45, 7) is 1.49. The third-order valence-corrected chi connectivity index (χ3v) is 5.11. The van der Waals surface area contributed by atoms with E-state index < -0.39 is 32.3 Å². The van der Waals surface area contributed by atoms with E-state index in [1.54, 1.807) is 6.92 Å². The zero-order chi connectivity index (χ0) is 16.2. The average Bonchev–Trinajstić information content (AvgIpc) is 2.41. The van der Waals surface area contributed by atoms with Crippen LogP contribution in [0.5, 0.6) is 0 Å². The molecular formula is C12H12BrFN2O4S. The van der Waals surface area contributed by atoms with Crippen molar-refractivity contribution < 1.29 is 22.7 Å². The summed E-state index contributed by atoms with van der Waals surface area (Å²) in [6, 6.07) is 3.80. The molecule has 0 atom stereocenters. The summed E-state index contributed by atoms with van der Waals surface area (Å²) >= 11 is 2.97. The minimum Gasteiger partial charge on any atom is -0.478 e.